The summed E-state index contributed by atoms with van der Waals surface area (Å²) in [5, 5.41) is 12.7. The molecule has 2 heterocycles. The molecule has 1 amide bonds. The van der Waals surface area contributed by atoms with E-state index in [0.29, 0.717) is 53.3 Å². The summed E-state index contributed by atoms with van der Waals surface area (Å²) in [5.41, 5.74) is 3.13. The molecule has 170 valence electrons. The molecule has 1 aliphatic rings. The second-order valence-electron chi connectivity index (χ2n) is 8.16. The van der Waals surface area contributed by atoms with Crippen LogP contribution < -0.4 is 10.0 Å². The van der Waals surface area contributed by atoms with Crippen molar-refractivity contribution in [2.24, 2.45) is 0 Å². The highest BCUT2D eigenvalue weighted by atomic mass is 35.5. The summed E-state index contributed by atoms with van der Waals surface area (Å²) in [5.74, 6) is -0.268. The van der Waals surface area contributed by atoms with Crippen LogP contribution >= 0.6 is 11.6 Å². The maximum Gasteiger partial charge on any atom is 0.240 e. The Bertz CT molecular complexity index is 1280. The molecular weight excluding hydrogens is 452 g/mol. The van der Waals surface area contributed by atoms with Crippen molar-refractivity contribution in [1.82, 2.24) is 14.1 Å². The van der Waals surface area contributed by atoms with E-state index in [0.717, 1.165) is 5.56 Å². The number of nitrogens with one attached hydrogen (secondary N) is 2. The zero-order valence-electron chi connectivity index (χ0n) is 17.8. The van der Waals surface area contributed by atoms with Crippen molar-refractivity contribution in [1.29, 1.82) is 0 Å². The second-order valence-corrected chi connectivity index (χ2v) is 10.3. The Kier molecular flexibility index (Phi) is 6.26. The number of amides is 1. The number of carbonyl (C=O) groups excluding carboxylic acids is 1. The number of imidazole rings is 1. The molecule has 3 aromatic rings. The first kappa shape index (κ1) is 22.7. The Balaban J connectivity index is 1.72. The summed E-state index contributed by atoms with van der Waals surface area (Å²) in [6, 6.07) is 6.44. The fourth-order valence-electron chi connectivity index (χ4n) is 4.04. The number of pyridine rings is 1. The van der Waals surface area contributed by atoms with Crippen LogP contribution in [0.1, 0.15) is 38.2 Å². The first-order valence-electron chi connectivity index (χ1n) is 10.4. The molecule has 4 rings (SSSR count). The molecule has 0 aliphatic heterocycles. The van der Waals surface area contributed by atoms with Crippen molar-refractivity contribution in [3.8, 4) is 11.3 Å². The monoisotopic (exact) mass is 476 g/mol. The number of benzene rings is 1. The average Bonchev–Trinajstić information content (AvgIpc) is 3.16. The highest BCUT2D eigenvalue weighted by Crippen LogP contribution is 2.32. The van der Waals surface area contributed by atoms with Gasteiger partial charge in [-0.15, -0.1) is 0 Å². The van der Waals surface area contributed by atoms with Gasteiger partial charge in [0, 0.05) is 24.7 Å². The van der Waals surface area contributed by atoms with Gasteiger partial charge >= 0.3 is 0 Å². The van der Waals surface area contributed by atoms with Crippen molar-refractivity contribution in [3.63, 3.8) is 0 Å². The van der Waals surface area contributed by atoms with Crippen LogP contribution in [-0.2, 0) is 14.8 Å². The summed E-state index contributed by atoms with van der Waals surface area (Å²) < 4.78 is 30.6. The number of aromatic nitrogens is 2. The molecule has 0 unspecified atom stereocenters. The topological polar surface area (TPSA) is 113 Å². The molecule has 1 fully saturated rings. The number of aliphatic hydroxyl groups excluding tert-OH is 1. The van der Waals surface area contributed by atoms with Crippen LogP contribution in [0.2, 0.25) is 5.02 Å². The van der Waals surface area contributed by atoms with Gasteiger partial charge in [0.05, 0.1) is 27.9 Å². The van der Waals surface area contributed by atoms with Crippen LogP contribution in [0, 0.1) is 6.92 Å². The van der Waals surface area contributed by atoms with Gasteiger partial charge in [0.15, 0.2) is 5.65 Å². The molecule has 8 nitrogen and oxygen atoms in total. The lowest BCUT2D eigenvalue weighted by molar-refractivity contribution is -0.114. The molecule has 0 spiro atoms. The van der Waals surface area contributed by atoms with Crippen LogP contribution in [-0.4, -0.2) is 41.0 Å². The summed E-state index contributed by atoms with van der Waals surface area (Å²) in [7, 11) is -3.73. The van der Waals surface area contributed by atoms with Crippen LogP contribution in [0.5, 0.6) is 0 Å². The molecule has 2 aromatic heterocycles. The van der Waals surface area contributed by atoms with Crippen LogP contribution in [0.25, 0.3) is 16.9 Å². The molecule has 0 radical (unpaired) electrons. The zero-order chi connectivity index (χ0) is 23.0. The molecular formula is C22H25ClN4O4S. The Hall–Kier alpha value is -2.46. The number of fused-ring (bicyclic) bond motifs is 1. The van der Waals surface area contributed by atoms with E-state index in [1.54, 1.807) is 41.1 Å². The van der Waals surface area contributed by atoms with Crippen molar-refractivity contribution in [3.05, 3.63) is 47.2 Å². The lowest BCUT2D eigenvalue weighted by Gasteiger charge is -2.26. The zero-order valence-corrected chi connectivity index (χ0v) is 19.4. The number of sulfonamides is 1. The number of carbonyl (C=O) groups is 1. The molecule has 1 aliphatic carbocycles. The number of anilines is 1. The quantitative estimate of drug-likeness (QED) is 0.521. The minimum absolute atomic E-state index is 0.162. The van der Waals surface area contributed by atoms with E-state index in [1.807, 2.05) is 6.92 Å². The van der Waals surface area contributed by atoms with E-state index < -0.39 is 10.0 Å². The maximum atomic E-state index is 13.0. The first-order valence-corrected chi connectivity index (χ1v) is 12.3. The predicted octanol–water partition coefficient (Wildman–Crippen LogP) is 3.50. The fraction of sp³-hybridized carbons (Fsp3) is 0.364. The molecule has 0 atom stereocenters. The molecule has 32 heavy (non-hydrogen) atoms. The normalized spacial score (nSPS) is 19.2. The van der Waals surface area contributed by atoms with Crippen LogP contribution in [0.15, 0.2) is 41.6 Å². The van der Waals surface area contributed by atoms with E-state index in [9.17, 15) is 18.3 Å². The third-order valence-electron chi connectivity index (χ3n) is 5.74. The fourth-order valence-corrected chi connectivity index (χ4v) is 5.56. The standard InChI is InChI=1S/C22H25ClN4O4S/c1-13-3-8-17(32(30,31)26-15-4-6-16(29)7-5-15)11-18(13)20-12-24-22-21(25-14(2)28)19(23)9-10-27(20)22/h3,8-12,15-16,26,29H,4-7H2,1-2H3,(H,25,28). The highest BCUT2D eigenvalue weighted by molar-refractivity contribution is 7.89. The minimum Gasteiger partial charge on any atom is -0.393 e. The van der Waals surface area contributed by atoms with Gasteiger partial charge < -0.3 is 10.4 Å². The third kappa shape index (κ3) is 4.52. The lowest BCUT2D eigenvalue weighted by atomic mass is 9.94. The van der Waals surface area contributed by atoms with Gasteiger partial charge in [0.2, 0.25) is 15.9 Å². The van der Waals surface area contributed by atoms with Gasteiger partial charge in [-0.25, -0.2) is 18.1 Å². The van der Waals surface area contributed by atoms with E-state index in [-0.39, 0.29) is 22.9 Å². The number of nitrogens with zero attached hydrogens (tertiary/aromatic N) is 2. The van der Waals surface area contributed by atoms with Gasteiger partial charge in [0.25, 0.3) is 0 Å². The summed E-state index contributed by atoms with van der Waals surface area (Å²) in [4.78, 5) is 16.2. The Labute approximate surface area is 191 Å². The lowest BCUT2D eigenvalue weighted by Crippen LogP contribution is -2.38. The van der Waals surface area contributed by atoms with E-state index in [1.165, 1.54) is 6.92 Å². The molecule has 1 aromatic carbocycles. The molecule has 0 saturated heterocycles. The smallest absolute Gasteiger partial charge is 0.240 e. The van der Waals surface area contributed by atoms with E-state index in [4.69, 9.17) is 11.6 Å². The molecule has 10 heteroatoms. The Morgan fingerprint density at radius 3 is 2.62 bits per heavy atom. The van der Waals surface area contributed by atoms with Gasteiger partial charge in [-0.05, 0) is 56.4 Å². The number of aliphatic hydroxyl groups is 1. The summed E-state index contributed by atoms with van der Waals surface area (Å²) in [6.07, 6.45) is 5.41. The number of halogens is 1. The SMILES string of the molecule is CC(=O)Nc1c(Cl)ccn2c(-c3cc(S(=O)(=O)NC4CCC(O)CC4)ccc3C)cnc12. The highest BCUT2D eigenvalue weighted by Gasteiger charge is 2.25. The molecule has 1 saturated carbocycles. The molecule has 3 N–H and O–H groups in total. The van der Waals surface area contributed by atoms with Crippen molar-refractivity contribution < 1.29 is 18.3 Å². The largest absolute Gasteiger partial charge is 0.393 e. The maximum absolute atomic E-state index is 13.0. The Morgan fingerprint density at radius 2 is 1.94 bits per heavy atom. The van der Waals surface area contributed by atoms with Gasteiger partial charge in [-0.2, -0.15) is 0 Å². The number of rotatable bonds is 5. The number of hydrogen-bond donors (Lipinski definition) is 3. The van der Waals surface area contributed by atoms with Gasteiger partial charge in [0.1, 0.15) is 5.69 Å². The second kappa shape index (κ2) is 8.82. The van der Waals surface area contributed by atoms with E-state index >= 15 is 0 Å². The number of aryl methyl sites for hydroxylation is 1. The van der Waals surface area contributed by atoms with E-state index in [2.05, 4.69) is 15.0 Å². The van der Waals surface area contributed by atoms with Crippen molar-refractivity contribution in [2.75, 3.05) is 5.32 Å². The van der Waals surface area contributed by atoms with Gasteiger partial charge in [-0.3, -0.25) is 9.20 Å². The van der Waals surface area contributed by atoms with Crippen molar-refractivity contribution >= 4 is 38.9 Å². The summed E-state index contributed by atoms with van der Waals surface area (Å²) in [6.45, 7) is 3.29. The molecule has 0 bridgehead atoms. The van der Waals surface area contributed by atoms with Crippen LogP contribution in [0.4, 0.5) is 5.69 Å². The minimum atomic E-state index is -3.73. The third-order valence-corrected chi connectivity index (χ3v) is 7.58. The summed E-state index contributed by atoms with van der Waals surface area (Å²) >= 11 is 6.25. The number of hydrogen-bond acceptors (Lipinski definition) is 5. The average molecular weight is 477 g/mol. The van der Waals surface area contributed by atoms with Gasteiger partial charge in [-0.1, -0.05) is 17.7 Å². The Morgan fingerprint density at radius 1 is 1.22 bits per heavy atom. The first-order chi connectivity index (χ1) is 15.2. The van der Waals surface area contributed by atoms with Crippen molar-refractivity contribution in [2.45, 2.75) is 56.6 Å². The predicted molar refractivity (Wildman–Crippen MR) is 123 cm³/mol. The van der Waals surface area contributed by atoms with Crippen LogP contribution in [0.3, 0.4) is 0 Å².